The van der Waals surface area contributed by atoms with E-state index >= 15 is 0 Å². The van der Waals surface area contributed by atoms with Crippen LogP contribution in [0.3, 0.4) is 0 Å². The van der Waals surface area contributed by atoms with Gasteiger partial charge in [-0.05, 0) is 56.8 Å². The van der Waals surface area contributed by atoms with Crippen LogP contribution < -0.4 is 5.32 Å². The lowest BCUT2D eigenvalue weighted by Gasteiger charge is -2.39. The summed E-state index contributed by atoms with van der Waals surface area (Å²) in [5, 5.41) is 12.2. The lowest BCUT2D eigenvalue weighted by atomic mass is 9.88. The van der Waals surface area contributed by atoms with E-state index in [1.807, 2.05) is 4.90 Å². The highest BCUT2D eigenvalue weighted by Gasteiger charge is 2.44. The minimum Gasteiger partial charge on any atom is -0.481 e. The molecule has 3 aliphatic rings. The van der Waals surface area contributed by atoms with Crippen LogP contribution in [-0.2, 0) is 4.79 Å². The summed E-state index contributed by atoms with van der Waals surface area (Å²) in [6, 6.07) is 0.942. The molecule has 5 nitrogen and oxygen atoms in total. The summed E-state index contributed by atoms with van der Waals surface area (Å²) in [5.74, 6) is 0.251. The largest absolute Gasteiger partial charge is 0.481 e. The van der Waals surface area contributed by atoms with Crippen LogP contribution in [0.2, 0.25) is 0 Å². The molecule has 4 atom stereocenters. The van der Waals surface area contributed by atoms with Gasteiger partial charge in [0.15, 0.2) is 0 Å². The van der Waals surface area contributed by atoms with E-state index in [1.54, 1.807) is 0 Å². The number of hydrogen-bond acceptors (Lipinski definition) is 2. The quantitative estimate of drug-likeness (QED) is 0.840. The van der Waals surface area contributed by atoms with E-state index in [9.17, 15) is 9.59 Å². The second-order valence-electron chi connectivity index (χ2n) is 7.29. The predicted octanol–water partition coefficient (Wildman–Crippen LogP) is 2.60. The number of fused-ring (bicyclic) bond motifs is 2. The first-order valence-corrected chi connectivity index (χ1v) is 8.33. The number of amides is 2. The Hall–Kier alpha value is -1.26. The second-order valence-corrected chi connectivity index (χ2v) is 7.29. The van der Waals surface area contributed by atoms with Crippen molar-refractivity contribution in [1.29, 1.82) is 0 Å². The minimum atomic E-state index is -0.711. The molecule has 0 aromatic rings. The number of nitrogens with zero attached hydrogens (tertiary/aromatic N) is 1. The first-order valence-electron chi connectivity index (χ1n) is 8.33. The predicted molar refractivity (Wildman–Crippen MR) is 79.0 cm³/mol. The number of carboxylic acid groups (broad SMARTS) is 1. The van der Waals surface area contributed by atoms with Crippen molar-refractivity contribution >= 4 is 12.0 Å². The monoisotopic (exact) mass is 294 g/mol. The summed E-state index contributed by atoms with van der Waals surface area (Å²) in [6.45, 7) is 2.24. The molecule has 0 radical (unpaired) electrons. The summed E-state index contributed by atoms with van der Waals surface area (Å²) in [5.41, 5.74) is 0. The number of nitrogens with one attached hydrogen (secondary N) is 1. The van der Waals surface area contributed by atoms with Crippen LogP contribution in [0, 0.1) is 11.8 Å². The molecular formula is C16H26N2O3. The van der Waals surface area contributed by atoms with Gasteiger partial charge in [0.25, 0.3) is 0 Å². The highest BCUT2D eigenvalue weighted by molar-refractivity contribution is 5.76. The zero-order valence-electron chi connectivity index (χ0n) is 12.8. The Bertz CT molecular complexity index is 412. The van der Waals surface area contributed by atoms with Crippen LogP contribution in [0.15, 0.2) is 0 Å². The summed E-state index contributed by atoms with van der Waals surface area (Å²) < 4.78 is 0. The van der Waals surface area contributed by atoms with Crippen molar-refractivity contribution in [3.05, 3.63) is 0 Å². The molecule has 3 fully saturated rings. The lowest BCUT2D eigenvalue weighted by Crippen LogP contribution is -2.52. The van der Waals surface area contributed by atoms with Crippen LogP contribution in [0.25, 0.3) is 0 Å². The Morgan fingerprint density at radius 1 is 1.10 bits per heavy atom. The third-order valence-corrected chi connectivity index (χ3v) is 5.55. The fraction of sp³-hybridized carbons (Fsp3) is 0.875. The molecule has 2 N–H and O–H groups in total. The number of carboxylic acids is 1. The molecule has 0 aromatic heterocycles. The molecule has 0 spiro atoms. The van der Waals surface area contributed by atoms with Crippen molar-refractivity contribution in [3.8, 4) is 0 Å². The van der Waals surface area contributed by atoms with Gasteiger partial charge in [0.2, 0.25) is 0 Å². The van der Waals surface area contributed by atoms with Gasteiger partial charge in [0, 0.05) is 24.5 Å². The number of rotatable bonds is 3. The molecular weight excluding hydrogens is 268 g/mol. The maximum atomic E-state index is 12.5. The number of aliphatic carboxylic acids is 1. The van der Waals surface area contributed by atoms with Gasteiger partial charge in [0.1, 0.15) is 0 Å². The molecule has 2 saturated heterocycles. The molecule has 21 heavy (non-hydrogen) atoms. The summed E-state index contributed by atoms with van der Waals surface area (Å²) in [6.07, 6.45) is 7.44. The highest BCUT2D eigenvalue weighted by atomic mass is 16.4. The third-order valence-electron chi connectivity index (χ3n) is 5.55. The Balaban J connectivity index is 1.57. The van der Waals surface area contributed by atoms with Gasteiger partial charge in [-0.3, -0.25) is 4.79 Å². The van der Waals surface area contributed by atoms with E-state index in [4.69, 9.17) is 5.11 Å². The van der Waals surface area contributed by atoms with Crippen LogP contribution in [-0.4, -0.2) is 40.1 Å². The van der Waals surface area contributed by atoms with E-state index in [0.29, 0.717) is 12.0 Å². The van der Waals surface area contributed by atoms with E-state index in [0.717, 1.165) is 38.5 Å². The smallest absolute Gasteiger partial charge is 0.318 e. The molecule has 2 bridgehead atoms. The number of piperidine rings is 1. The number of hydrogen-bond donors (Lipinski definition) is 2. The topological polar surface area (TPSA) is 69.6 Å². The summed E-state index contributed by atoms with van der Waals surface area (Å²) in [7, 11) is 0. The standard InChI is InChI=1S/C16H26N2O3/c1-10-2-3-12(6-10)17-16(21)18-13-4-5-14(18)8-11(7-13)9-15(19)20/h10-14H,2-9H2,1H3,(H,17,21)(H,19,20). The Labute approximate surface area is 126 Å². The SMILES string of the molecule is CC1CCC(NC(=O)N2C3CCC2CC(CC(=O)O)C3)C1. The fourth-order valence-electron chi connectivity index (χ4n) is 4.62. The Kier molecular flexibility index (Phi) is 4.09. The molecule has 4 unspecified atom stereocenters. The first kappa shape index (κ1) is 14.7. The van der Waals surface area contributed by atoms with Gasteiger partial charge >= 0.3 is 12.0 Å². The van der Waals surface area contributed by atoms with Gasteiger partial charge < -0.3 is 15.3 Å². The zero-order valence-corrected chi connectivity index (χ0v) is 12.8. The van der Waals surface area contributed by atoms with Crippen LogP contribution in [0.5, 0.6) is 0 Å². The van der Waals surface area contributed by atoms with Gasteiger partial charge in [-0.25, -0.2) is 4.79 Å². The Morgan fingerprint density at radius 3 is 2.29 bits per heavy atom. The zero-order chi connectivity index (χ0) is 15.0. The molecule has 0 aromatic carbocycles. The van der Waals surface area contributed by atoms with Crippen molar-refractivity contribution in [1.82, 2.24) is 10.2 Å². The molecule has 2 aliphatic heterocycles. The summed E-state index contributed by atoms with van der Waals surface area (Å²) >= 11 is 0. The fourth-order valence-corrected chi connectivity index (χ4v) is 4.62. The molecule has 2 heterocycles. The highest BCUT2D eigenvalue weighted by Crippen LogP contribution is 2.40. The van der Waals surface area contributed by atoms with Crippen molar-refractivity contribution in [2.75, 3.05) is 0 Å². The maximum absolute atomic E-state index is 12.5. The number of carbonyl (C=O) groups excluding carboxylic acids is 1. The van der Waals surface area contributed by atoms with E-state index in [1.165, 1.54) is 6.42 Å². The van der Waals surface area contributed by atoms with Gasteiger partial charge in [-0.1, -0.05) is 6.92 Å². The molecule has 1 aliphatic carbocycles. The summed E-state index contributed by atoms with van der Waals surface area (Å²) in [4.78, 5) is 25.5. The normalized spacial score (nSPS) is 38.5. The minimum absolute atomic E-state index is 0.0929. The van der Waals surface area contributed by atoms with Crippen LogP contribution in [0.4, 0.5) is 4.79 Å². The lowest BCUT2D eigenvalue weighted by molar-refractivity contribution is -0.138. The van der Waals surface area contributed by atoms with E-state index in [2.05, 4.69) is 12.2 Å². The van der Waals surface area contributed by atoms with Gasteiger partial charge in [-0.2, -0.15) is 0 Å². The van der Waals surface area contributed by atoms with Gasteiger partial charge in [0.05, 0.1) is 0 Å². The van der Waals surface area contributed by atoms with E-state index < -0.39 is 5.97 Å². The average Bonchev–Trinajstić information content (AvgIpc) is 2.91. The van der Waals surface area contributed by atoms with E-state index in [-0.39, 0.29) is 30.5 Å². The van der Waals surface area contributed by atoms with Crippen LogP contribution >= 0.6 is 0 Å². The average molecular weight is 294 g/mol. The number of carbonyl (C=O) groups is 2. The van der Waals surface area contributed by atoms with Crippen molar-refractivity contribution in [3.63, 3.8) is 0 Å². The van der Waals surface area contributed by atoms with Gasteiger partial charge in [-0.15, -0.1) is 0 Å². The maximum Gasteiger partial charge on any atom is 0.318 e. The molecule has 3 rings (SSSR count). The van der Waals surface area contributed by atoms with Crippen LogP contribution in [0.1, 0.15) is 58.3 Å². The second kappa shape index (κ2) is 5.85. The molecule has 2 amide bonds. The Morgan fingerprint density at radius 2 is 1.76 bits per heavy atom. The molecule has 5 heteroatoms. The third kappa shape index (κ3) is 3.16. The molecule has 118 valence electrons. The molecule has 1 saturated carbocycles. The van der Waals surface area contributed by atoms with Crippen molar-refractivity contribution in [2.45, 2.75) is 76.4 Å². The number of urea groups is 1. The first-order chi connectivity index (χ1) is 10.0. The van der Waals surface area contributed by atoms with Crippen molar-refractivity contribution < 1.29 is 14.7 Å². The van der Waals surface area contributed by atoms with Crippen molar-refractivity contribution in [2.24, 2.45) is 11.8 Å².